The number of carbonyl (C=O) groups is 2. The van der Waals surface area contributed by atoms with Crippen molar-refractivity contribution in [1.82, 2.24) is 25.6 Å². The van der Waals surface area contributed by atoms with Crippen LogP contribution in [0.3, 0.4) is 0 Å². The quantitative estimate of drug-likeness (QED) is 0.746. The number of hydrogen-bond acceptors (Lipinski definition) is 6. The highest BCUT2D eigenvalue weighted by molar-refractivity contribution is 5.93. The molecule has 1 aromatic heterocycles. The van der Waals surface area contributed by atoms with E-state index in [1.165, 1.54) is 0 Å². The maximum Gasteiger partial charge on any atom is 0.310 e. The molecule has 8 nitrogen and oxygen atoms in total. The van der Waals surface area contributed by atoms with Gasteiger partial charge in [0.05, 0.1) is 23.8 Å². The first-order chi connectivity index (χ1) is 11.4. The summed E-state index contributed by atoms with van der Waals surface area (Å²) in [5.41, 5.74) is 1.08. The van der Waals surface area contributed by atoms with Gasteiger partial charge < -0.3 is 15.4 Å². The third-order valence-electron chi connectivity index (χ3n) is 4.12. The SMILES string of the molecule is Cc1c(C(=O)NCC(C)C(=O)OC(C)C)nnn1C1CCNCC1. The number of carbonyl (C=O) groups excluding carboxylic acids is 2. The minimum Gasteiger partial charge on any atom is -0.463 e. The van der Waals surface area contributed by atoms with E-state index in [0.717, 1.165) is 31.6 Å². The first-order valence-electron chi connectivity index (χ1n) is 8.51. The Labute approximate surface area is 142 Å². The number of amides is 1. The molecule has 1 unspecified atom stereocenters. The average Bonchev–Trinajstić information content (AvgIpc) is 2.94. The van der Waals surface area contributed by atoms with E-state index in [2.05, 4.69) is 20.9 Å². The zero-order valence-corrected chi connectivity index (χ0v) is 14.8. The van der Waals surface area contributed by atoms with Crippen LogP contribution in [0.15, 0.2) is 0 Å². The summed E-state index contributed by atoms with van der Waals surface area (Å²) >= 11 is 0. The van der Waals surface area contributed by atoms with Gasteiger partial charge in [0.15, 0.2) is 5.69 Å². The summed E-state index contributed by atoms with van der Waals surface area (Å²) in [5, 5.41) is 14.2. The van der Waals surface area contributed by atoms with E-state index < -0.39 is 5.92 Å². The Morgan fingerprint density at radius 2 is 2.00 bits per heavy atom. The van der Waals surface area contributed by atoms with Crippen molar-refractivity contribution < 1.29 is 14.3 Å². The lowest BCUT2D eigenvalue weighted by Crippen LogP contribution is -2.34. The molecule has 1 aromatic rings. The lowest BCUT2D eigenvalue weighted by molar-refractivity contribution is -0.151. The molecule has 2 rings (SSSR count). The zero-order valence-electron chi connectivity index (χ0n) is 14.8. The normalized spacial score (nSPS) is 16.9. The molecule has 0 bridgehead atoms. The molecule has 2 heterocycles. The summed E-state index contributed by atoms with van der Waals surface area (Å²) in [5.74, 6) is -1.03. The van der Waals surface area contributed by atoms with Gasteiger partial charge in [0.2, 0.25) is 0 Å². The molecule has 0 radical (unpaired) electrons. The molecule has 0 saturated carbocycles. The minimum atomic E-state index is -0.406. The van der Waals surface area contributed by atoms with E-state index in [1.54, 1.807) is 20.8 Å². The van der Waals surface area contributed by atoms with Gasteiger partial charge in [-0.2, -0.15) is 0 Å². The van der Waals surface area contributed by atoms with Crippen LogP contribution in [-0.2, 0) is 9.53 Å². The fourth-order valence-electron chi connectivity index (χ4n) is 2.71. The molecule has 1 aliphatic rings. The van der Waals surface area contributed by atoms with Crippen LogP contribution in [0.25, 0.3) is 0 Å². The van der Waals surface area contributed by atoms with Crippen LogP contribution >= 0.6 is 0 Å². The van der Waals surface area contributed by atoms with Crippen LogP contribution in [0.4, 0.5) is 0 Å². The summed E-state index contributed by atoms with van der Waals surface area (Å²) in [4.78, 5) is 24.1. The number of rotatable bonds is 6. The Kier molecular flexibility index (Phi) is 6.30. The second-order valence-corrected chi connectivity index (χ2v) is 6.55. The summed E-state index contributed by atoms with van der Waals surface area (Å²) in [6, 6.07) is 0.278. The van der Waals surface area contributed by atoms with Crippen LogP contribution in [-0.4, -0.2) is 52.6 Å². The molecule has 0 spiro atoms. The predicted octanol–water partition coefficient (Wildman–Crippen LogP) is 0.829. The molecule has 2 N–H and O–H groups in total. The highest BCUT2D eigenvalue weighted by Gasteiger charge is 2.24. The van der Waals surface area contributed by atoms with E-state index in [-0.39, 0.29) is 30.6 Å². The van der Waals surface area contributed by atoms with E-state index in [4.69, 9.17) is 4.74 Å². The van der Waals surface area contributed by atoms with Gasteiger partial charge in [-0.05, 0) is 46.7 Å². The number of aromatic nitrogens is 3. The van der Waals surface area contributed by atoms with Crippen molar-refractivity contribution in [3.63, 3.8) is 0 Å². The van der Waals surface area contributed by atoms with Crippen molar-refractivity contribution in [2.24, 2.45) is 5.92 Å². The largest absolute Gasteiger partial charge is 0.463 e. The van der Waals surface area contributed by atoms with Crippen LogP contribution in [0.2, 0.25) is 0 Å². The molecule has 1 amide bonds. The number of piperidine rings is 1. The Morgan fingerprint density at radius 1 is 1.33 bits per heavy atom. The van der Waals surface area contributed by atoms with Crippen molar-refractivity contribution in [2.75, 3.05) is 19.6 Å². The van der Waals surface area contributed by atoms with Crippen molar-refractivity contribution in [1.29, 1.82) is 0 Å². The Morgan fingerprint density at radius 3 is 2.62 bits per heavy atom. The van der Waals surface area contributed by atoms with Gasteiger partial charge in [0.25, 0.3) is 5.91 Å². The number of esters is 1. The zero-order chi connectivity index (χ0) is 17.7. The number of nitrogens with one attached hydrogen (secondary N) is 2. The molecule has 1 atom stereocenters. The molecule has 134 valence electrons. The van der Waals surface area contributed by atoms with Gasteiger partial charge in [-0.1, -0.05) is 12.1 Å². The Bertz CT molecular complexity index is 578. The summed E-state index contributed by atoms with van der Waals surface area (Å²) < 4.78 is 6.97. The van der Waals surface area contributed by atoms with Gasteiger partial charge in [-0.15, -0.1) is 5.10 Å². The van der Waals surface area contributed by atoms with Crippen molar-refractivity contribution in [3.05, 3.63) is 11.4 Å². The van der Waals surface area contributed by atoms with Gasteiger partial charge in [0.1, 0.15) is 0 Å². The highest BCUT2D eigenvalue weighted by atomic mass is 16.5. The smallest absolute Gasteiger partial charge is 0.310 e. The topological polar surface area (TPSA) is 98.1 Å². The van der Waals surface area contributed by atoms with Crippen LogP contribution in [0.5, 0.6) is 0 Å². The number of hydrogen-bond donors (Lipinski definition) is 2. The fraction of sp³-hybridized carbons (Fsp3) is 0.750. The van der Waals surface area contributed by atoms with Crippen LogP contribution in [0, 0.1) is 12.8 Å². The third-order valence-corrected chi connectivity index (χ3v) is 4.12. The summed E-state index contributed by atoms with van der Waals surface area (Å²) in [6.07, 6.45) is 1.79. The van der Waals surface area contributed by atoms with Gasteiger partial charge in [0, 0.05) is 6.54 Å². The fourth-order valence-corrected chi connectivity index (χ4v) is 2.71. The van der Waals surface area contributed by atoms with Gasteiger partial charge in [-0.3, -0.25) is 9.59 Å². The van der Waals surface area contributed by atoms with Crippen molar-refractivity contribution in [2.45, 2.75) is 52.7 Å². The summed E-state index contributed by atoms with van der Waals surface area (Å²) in [6.45, 7) is 9.28. The number of nitrogens with zero attached hydrogens (tertiary/aromatic N) is 3. The second-order valence-electron chi connectivity index (χ2n) is 6.55. The molecule has 1 aliphatic heterocycles. The lowest BCUT2D eigenvalue weighted by atomic mass is 10.1. The molecule has 1 fully saturated rings. The molecular formula is C16H27N5O3. The van der Waals surface area contributed by atoms with Crippen molar-refractivity contribution >= 4 is 11.9 Å². The van der Waals surface area contributed by atoms with Gasteiger partial charge in [-0.25, -0.2) is 4.68 Å². The third kappa shape index (κ3) is 4.53. The monoisotopic (exact) mass is 337 g/mol. The second kappa shape index (κ2) is 8.23. The highest BCUT2D eigenvalue weighted by Crippen LogP contribution is 2.20. The number of ether oxygens (including phenoxy) is 1. The van der Waals surface area contributed by atoms with Crippen LogP contribution in [0.1, 0.15) is 55.8 Å². The van der Waals surface area contributed by atoms with Crippen LogP contribution < -0.4 is 10.6 Å². The molecule has 0 aliphatic carbocycles. The first kappa shape index (κ1) is 18.4. The predicted molar refractivity (Wildman–Crippen MR) is 88.6 cm³/mol. The Hall–Kier alpha value is -1.96. The lowest BCUT2D eigenvalue weighted by Gasteiger charge is -2.23. The van der Waals surface area contributed by atoms with E-state index in [0.29, 0.717) is 5.69 Å². The molecule has 8 heteroatoms. The molecule has 24 heavy (non-hydrogen) atoms. The standard InChI is InChI=1S/C16H27N5O3/c1-10(2)24-16(23)11(3)9-18-15(22)14-12(4)21(20-19-14)13-5-7-17-8-6-13/h10-11,13,17H,5-9H2,1-4H3,(H,18,22). The maximum absolute atomic E-state index is 12.3. The molecular weight excluding hydrogens is 310 g/mol. The van der Waals surface area contributed by atoms with E-state index in [9.17, 15) is 9.59 Å². The average molecular weight is 337 g/mol. The van der Waals surface area contributed by atoms with E-state index in [1.807, 2.05) is 11.6 Å². The summed E-state index contributed by atoms with van der Waals surface area (Å²) in [7, 11) is 0. The van der Waals surface area contributed by atoms with Crippen molar-refractivity contribution in [3.8, 4) is 0 Å². The molecule has 0 aromatic carbocycles. The minimum absolute atomic E-state index is 0.164. The molecule has 1 saturated heterocycles. The van der Waals surface area contributed by atoms with E-state index >= 15 is 0 Å². The Balaban J connectivity index is 1.93. The maximum atomic E-state index is 12.3. The first-order valence-corrected chi connectivity index (χ1v) is 8.51. The van der Waals surface area contributed by atoms with Gasteiger partial charge >= 0.3 is 5.97 Å².